The molecule has 0 atom stereocenters. The first kappa shape index (κ1) is 15.2. The molecule has 3 nitrogen and oxygen atoms in total. The molecule has 1 aromatic rings. The van der Waals surface area contributed by atoms with Gasteiger partial charge >= 0.3 is 0 Å². The van der Waals surface area contributed by atoms with E-state index in [-0.39, 0.29) is 23.7 Å². The van der Waals surface area contributed by atoms with Crippen molar-refractivity contribution in [1.29, 1.82) is 0 Å². The fourth-order valence-corrected chi connectivity index (χ4v) is 2.05. The molecule has 0 spiro atoms. The van der Waals surface area contributed by atoms with Gasteiger partial charge in [0.2, 0.25) is 5.78 Å². The highest BCUT2D eigenvalue weighted by atomic mass is 79.9. The Kier molecular flexibility index (Phi) is 6.94. The minimum absolute atomic E-state index is 0.00372. The molecule has 0 aliphatic rings. The van der Waals surface area contributed by atoms with Gasteiger partial charge in [-0.2, -0.15) is 0 Å². The summed E-state index contributed by atoms with van der Waals surface area (Å²) in [5.74, 6) is 0.0180. The third kappa shape index (κ3) is 5.63. The van der Waals surface area contributed by atoms with Gasteiger partial charge in [-0.1, -0.05) is 32.6 Å². The number of carbonyl (C=O) groups is 2. The average molecular weight is 315 g/mol. The molecular formula is C14H19BrO3. The molecule has 0 aliphatic carbocycles. The monoisotopic (exact) mass is 314 g/mol. The lowest BCUT2D eigenvalue weighted by Crippen LogP contribution is -2.07. The maximum Gasteiger partial charge on any atom is 0.205 e. The van der Waals surface area contributed by atoms with E-state index in [0.29, 0.717) is 11.1 Å². The van der Waals surface area contributed by atoms with Crippen LogP contribution in [0.2, 0.25) is 0 Å². The van der Waals surface area contributed by atoms with Crippen LogP contribution in [0.15, 0.2) is 21.2 Å². The SMILES string of the molecule is CCCCCCCC(=O)CC(=O)c1ccc(Br)o1. The van der Waals surface area contributed by atoms with Crippen molar-refractivity contribution in [3.05, 3.63) is 22.6 Å². The molecule has 1 heterocycles. The number of hydrogen-bond acceptors (Lipinski definition) is 3. The Hall–Kier alpha value is -0.900. The molecule has 1 rings (SSSR count). The number of hydrogen-bond donors (Lipinski definition) is 0. The van der Waals surface area contributed by atoms with Crippen molar-refractivity contribution in [3.8, 4) is 0 Å². The van der Waals surface area contributed by atoms with Gasteiger partial charge in [0.15, 0.2) is 10.4 Å². The minimum Gasteiger partial charge on any atom is -0.446 e. The predicted molar refractivity (Wildman–Crippen MR) is 73.7 cm³/mol. The standard InChI is InChI=1S/C14H19BrO3/c1-2-3-4-5-6-7-11(16)10-12(17)13-8-9-14(15)18-13/h8-9H,2-7,10H2,1H3. The van der Waals surface area contributed by atoms with E-state index in [4.69, 9.17) is 4.42 Å². The zero-order valence-electron chi connectivity index (χ0n) is 10.7. The van der Waals surface area contributed by atoms with Gasteiger partial charge in [-0.25, -0.2) is 0 Å². The third-order valence-electron chi connectivity index (χ3n) is 2.76. The van der Waals surface area contributed by atoms with Gasteiger partial charge in [0.1, 0.15) is 5.78 Å². The summed E-state index contributed by atoms with van der Waals surface area (Å²) in [5.41, 5.74) is 0. The Morgan fingerprint density at radius 3 is 2.50 bits per heavy atom. The fourth-order valence-electron chi connectivity index (χ4n) is 1.74. The van der Waals surface area contributed by atoms with E-state index >= 15 is 0 Å². The molecule has 0 aromatic carbocycles. The Morgan fingerprint density at radius 2 is 1.89 bits per heavy atom. The van der Waals surface area contributed by atoms with Crippen molar-refractivity contribution < 1.29 is 14.0 Å². The van der Waals surface area contributed by atoms with E-state index in [1.807, 2.05) is 0 Å². The number of furan rings is 1. The summed E-state index contributed by atoms with van der Waals surface area (Å²) in [6.07, 6.45) is 5.98. The van der Waals surface area contributed by atoms with Crippen LogP contribution < -0.4 is 0 Å². The molecule has 0 unspecified atom stereocenters. The smallest absolute Gasteiger partial charge is 0.205 e. The first-order valence-corrected chi connectivity index (χ1v) is 7.23. The van der Waals surface area contributed by atoms with Gasteiger partial charge in [-0.05, 0) is 34.5 Å². The van der Waals surface area contributed by atoms with Gasteiger partial charge < -0.3 is 4.42 Å². The summed E-state index contributed by atoms with van der Waals surface area (Å²) in [6, 6.07) is 3.24. The highest BCUT2D eigenvalue weighted by Crippen LogP contribution is 2.16. The number of Topliss-reactive ketones (excluding diaryl/α,β-unsaturated/α-hetero) is 2. The van der Waals surface area contributed by atoms with E-state index in [1.54, 1.807) is 12.1 Å². The third-order valence-corrected chi connectivity index (χ3v) is 3.19. The second-order valence-corrected chi connectivity index (χ2v) is 5.19. The number of rotatable bonds is 9. The first-order valence-electron chi connectivity index (χ1n) is 6.43. The van der Waals surface area contributed by atoms with Crippen LogP contribution in [0.1, 0.15) is 62.4 Å². The van der Waals surface area contributed by atoms with E-state index in [2.05, 4.69) is 22.9 Å². The Balaban J connectivity index is 2.22. The number of carbonyl (C=O) groups excluding carboxylic acids is 2. The van der Waals surface area contributed by atoms with Crippen LogP contribution in [-0.2, 0) is 4.79 Å². The number of ketones is 2. The zero-order valence-corrected chi connectivity index (χ0v) is 12.3. The summed E-state index contributed by atoms with van der Waals surface area (Å²) in [7, 11) is 0. The van der Waals surface area contributed by atoms with Gasteiger partial charge in [-0.3, -0.25) is 9.59 Å². The Morgan fingerprint density at radius 1 is 1.17 bits per heavy atom. The van der Waals surface area contributed by atoms with Crippen molar-refractivity contribution in [2.45, 2.75) is 51.9 Å². The largest absolute Gasteiger partial charge is 0.446 e. The number of halogens is 1. The molecule has 0 radical (unpaired) electrons. The van der Waals surface area contributed by atoms with Crippen LogP contribution in [0.25, 0.3) is 0 Å². The molecule has 0 amide bonds. The van der Waals surface area contributed by atoms with Crippen molar-refractivity contribution >= 4 is 27.5 Å². The van der Waals surface area contributed by atoms with Crippen LogP contribution in [0.5, 0.6) is 0 Å². The topological polar surface area (TPSA) is 47.3 Å². The molecule has 0 saturated heterocycles. The molecule has 4 heteroatoms. The van der Waals surface area contributed by atoms with Gasteiger partial charge in [0.05, 0.1) is 6.42 Å². The maximum absolute atomic E-state index is 11.7. The highest BCUT2D eigenvalue weighted by Gasteiger charge is 2.14. The van der Waals surface area contributed by atoms with Gasteiger partial charge in [-0.15, -0.1) is 0 Å². The summed E-state index contributed by atoms with van der Waals surface area (Å²) in [5, 5.41) is 0. The van der Waals surface area contributed by atoms with Crippen molar-refractivity contribution in [1.82, 2.24) is 0 Å². The van der Waals surface area contributed by atoms with E-state index in [9.17, 15) is 9.59 Å². The van der Waals surface area contributed by atoms with Crippen LogP contribution >= 0.6 is 15.9 Å². The molecule has 1 aromatic heterocycles. The molecular weight excluding hydrogens is 296 g/mol. The number of unbranched alkanes of at least 4 members (excludes halogenated alkanes) is 4. The van der Waals surface area contributed by atoms with Crippen LogP contribution in [0.4, 0.5) is 0 Å². The first-order chi connectivity index (χ1) is 8.63. The summed E-state index contributed by atoms with van der Waals surface area (Å²) < 4.78 is 5.63. The van der Waals surface area contributed by atoms with Crippen molar-refractivity contribution in [2.75, 3.05) is 0 Å². The second kappa shape index (κ2) is 8.25. The van der Waals surface area contributed by atoms with Gasteiger partial charge in [0, 0.05) is 6.42 Å². The fraction of sp³-hybridized carbons (Fsp3) is 0.571. The molecule has 0 saturated carbocycles. The normalized spacial score (nSPS) is 10.6. The second-order valence-electron chi connectivity index (χ2n) is 4.41. The molecule has 0 bridgehead atoms. The summed E-state index contributed by atoms with van der Waals surface area (Å²) in [6.45, 7) is 2.16. The quantitative estimate of drug-likeness (QED) is 0.382. The summed E-state index contributed by atoms with van der Waals surface area (Å²) >= 11 is 3.13. The lowest BCUT2D eigenvalue weighted by atomic mass is 10.1. The minimum atomic E-state index is -0.237. The Labute approximate surface area is 116 Å². The Bertz CT molecular complexity index is 395. The average Bonchev–Trinajstić information content (AvgIpc) is 2.75. The van der Waals surface area contributed by atoms with E-state index in [0.717, 1.165) is 12.8 Å². The van der Waals surface area contributed by atoms with Crippen LogP contribution in [-0.4, -0.2) is 11.6 Å². The van der Waals surface area contributed by atoms with Crippen molar-refractivity contribution in [2.24, 2.45) is 0 Å². The van der Waals surface area contributed by atoms with E-state index < -0.39 is 0 Å². The zero-order chi connectivity index (χ0) is 13.4. The molecule has 0 fully saturated rings. The predicted octanol–water partition coefficient (Wildman–Crippen LogP) is 4.54. The van der Waals surface area contributed by atoms with Crippen molar-refractivity contribution in [3.63, 3.8) is 0 Å². The molecule has 0 aliphatic heterocycles. The lowest BCUT2D eigenvalue weighted by molar-refractivity contribution is -0.118. The molecule has 18 heavy (non-hydrogen) atoms. The van der Waals surface area contributed by atoms with Gasteiger partial charge in [0.25, 0.3) is 0 Å². The highest BCUT2D eigenvalue weighted by molar-refractivity contribution is 9.10. The van der Waals surface area contributed by atoms with E-state index in [1.165, 1.54) is 19.3 Å². The van der Waals surface area contributed by atoms with Crippen LogP contribution in [0, 0.1) is 0 Å². The lowest BCUT2D eigenvalue weighted by Gasteiger charge is -2.00. The maximum atomic E-state index is 11.7. The molecule has 100 valence electrons. The summed E-state index contributed by atoms with van der Waals surface area (Å²) in [4.78, 5) is 23.3. The van der Waals surface area contributed by atoms with Crippen LogP contribution in [0.3, 0.4) is 0 Å². The molecule has 0 N–H and O–H groups in total.